The van der Waals surface area contributed by atoms with Crippen molar-refractivity contribution in [3.63, 3.8) is 0 Å². The Morgan fingerprint density at radius 1 is 0.968 bits per heavy atom. The summed E-state index contributed by atoms with van der Waals surface area (Å²) >= 11 is 1.90. The molecule has 9 heteroatoms. The molecule has 2 heterocycles. The molecule has 2 rings (SSSR count). The first-order valence-electron chi connectivity index (χ1n) is 11.7. The Morgan fingerprint density at radius 3 is 2.42 bits per heavy atom. The molecule has 0 aromatic carbocycles. The Morgan fingerprint density at radius 2 is 1.68 bits per heavy atom. The van der Waals surface area contributed by atoms with E-state index in [-0.39, 0.29) is 30.4 Å². The summed E-state index contributed by atoms with van der Waals surface area (Å²) in [6, 6.07) is 0.411. The van der Waals surface area contributed by atoms with Gasteiger partial charge >= 0.3 is 18.0 Å². The highest BCUT2D eigenvalue weighted by molar-refractivity contribution is 8.00. The predicted octanol–water partition coefficient (Wildman–Crippen LogP) is 3.04. The van der Waals surface area contributed by atoms with Crippen LogP contribution in [0.15, 0.2) is 0 Å². The minimum atomic E-state index is -0.453. The van der Waals surface area contributed by atoms with Gasteiger partial charge in [0.2, 0.25) is 5.91 Å². The number of unbranched alkanes of at least 4 members (excludes halogenated alkanes) is 5. The predicted molar refractivity (Wildman–Crippen MR) is 121 cm³/mol. The summed E-state index contributed by atoms with van der Waals surface area (Å²) in [5.41, 5.74) is 0. The average molecular weight is 456 g/mol. The third-order valence-corrected chi connectivity index (χ3v) is 7.18. The molecule has 3 amide bonds. The first kappa shape index (κ1) is 25.5. The number of hydrogen-bond donors (Lipinski definition) is 3. The zero-order chi connectivity index (χ0) is 22.5. The molecular formula is C22H37N3O5S. The van der Waals surface area contributed by atoms with Gasteiger partial charge in [-0.2, -0.15) is 11.8 Å². The smallest absolute Gasteiger partial charge is 0.315 e. The molecule has 8 nitrogen and oxygen atoms in total. The van der Waals surface area contributed by atoms with Crippen molar-refractivity contribution in [1.29, 1.82) is 0 Å². The van der Waals surface area contributed by atoms with Gasteiger partial charge in [-0.25, -0.2) is 4.79 Å². The molecule has 0 bridgehead atoms. The number of nitrogens with one attached hydrogen (secondary N) is 3. The first-order valence-corrected chi connectivity index (χ1v) is 12.7. The summed E-state index contributed by atoms with van der Waals surface area (Å²) in [7, 11) is 0. The monoisotopic (exact) mass is 455 g/mol. The number of thioether (sulfide) groups is 1. The van der Waals surface area contributed by atoms with Crippen LogP contribution in [-0.4, -0.2) is 53.5 Å². The van der Waals surface area contributed by atoms with Crippen molar-refractivity contribution in [1.82, 2.24) is 16.0 Å². The van der Waals surface area contributed by atoms with Crippen LogP contribution in [0.4, 0.5) is 4.79 Å². The third kappa shape index (κ3) is 9.93. The quantitative estimate of drug-likeness (QED) is 0.151. The van der Waals surface area contributed by atoms with Crippen LogP contribution >= 0.6 is 11.8 Å². The van der Waals surface area contributed by atoms with Gasteiger partial charge in [0.05, 0.1) is 12.1 Å². The van der Waals surface area contributed by atoms with Gasteiger partial charge in [0, 0.05) is 36.8 Å². The Kier molecular flexibility index (Phi) is 11.8. The molecule has 0 aromatic rings. The van der Waals surface area contributed by atoms with Gasteiger partial charge < -0.3 is 20.7 Å². The number of hydrogen-bond acceptors (Lipinski definition) is 6. The van der Waals surface area contributed by atoms with Crippen molar-refractivity contribution >= 4 is 35.6 Å². The molecule has 0 unspecified atom stereocenters. The highest BCUT2D eigenvalue weighted by Crippen LogP contribution is 2.33. The lowest BCUT2D eigenvalue weighted by Gasteiger charge is -2.16. The minimum absolute atomic E-state index is 0.0601. The Balaban J connectivity index is 1.39. The summed E-state index contributed by atoms with van der Waals surface area (Å²) in [6.45, 7) is 2.66. The highest BCUT2D eigenvalue weighted by Gasteiger charge is 2.42. The number of carbonyl (C=O) groups is 4. The Labute approximate surface area is 189 Å². The van der Waals surface area contributed by atoms with Crippen LogP contribution in [0.5, 0.6) is 0 Å². The van der Waals surface area contributed by atoms with E-state index >= 15 is 0 Å². The first-order chi connectivity index (χ1) is 15.0. The maximum Gasteiger partial charge on any atom is 0.315 e. The number of fused-ring (bicyclic) bond motifs is 1. The minimum Gasteiger partial charge on any atom is -0.393 e. The van der Waals surface area contributed by atoms with Crippen LogP contribution in [0, 0.1) is 0 Å². The van der Waals surface area contributed by atoms with E-state index in [0.29, 0.717) is 31.1 Å². The summed E-state index contributed by atoms with van der Waals surface area (Å²) in [4.78, 5) is 46.4. The molecule has 2 aliphatic rings. The van der Waals surface area contributed by atoms with Crippen molar-refractivity contribution < 1.29 is 23.9 Å². The number of ether oxygens (including phenoxy) is 1. The fourth-order valence-corrected chi connectivity index (χ4v) is 5.45. The molecule has 0 aromatic heterocycles. The molecule has 3 N–H and O–H groups in total. The number of esters is 2. The van der Waals surface area contributed by atoms with Crippen LogP contribution in [-0.2, 0) is 19.1 Å². The van der Waals surface area contributed by atoms with Gasteiger partial charge in [0.1, 0.15) is 0 Å². The number of amides is 3. The van der Waals surface area contributed by atoms with Gasteiger partial charge in [-0.15, -0.1) is 0 Å². The second-order valence-electron chi connectivity index (χ2n) is 8.33. The average Bonchev–Trinajstić information content (AvgIpc) is 3.27. The maximum atomic E-state index is 11.9. The molecule has 2 aliphatic heterocycles. The molecule has 176 valence electrons. The lowest BCUT2D eigenvalue weighted by atomic mass is 10.0. The van der Waals surface area contributed by atoms with Gasteiger partial charge in [-0.1, -0.05) is 32.6 Å². The van der Waals surface area contributed by atoms with Crippen molar-refractivity contribution in [2.24, 2.45) is 0 Å². The third-order valence-electron chi connectivity index (χ3n) is 5.67. The number of rotatable bonds is 15. The van der Waals surface area contributed by atoms with E-state index in [1.165, 1.54) is 0 Å². The highest BCUT2D eigenvalue weighted by atomic mass is 32.2. The molecule has 0 saturated carbocycles. The van der Waals surface area contributed by atoms with E-state index < -0.39 is 11.9 Å². The maximum absolute atomic E-state index is 11.9. The fourth-order valence-electron chi connectivity index (χ4n) is 3.91. The number of carbonyl (C=O) groups excluding carboxylic acids is 4. The fraction of sp³-hybridized carbons (Fsp3) is 0.818. The molecule has 3 atom stereocenters. The van der Waals surface area contributed by atoms with E-state index in [1.54, 1.807) is 0 Å². The van der Waals surface area contributed by atoms with E-state index in [1.807, 2.05) is 11.8 Å². The Bertz CT molecular complexity index is 616. The zero-order valence-corrected chi connectivity index (χ0v) is 19.4. The standard InChI is InChI=1S/C22H37N3O5S/c1-2-3-5-12-19(27)30-20(28)13-6-4-9-14-23-18(26)11-8-7-10-17-21-16(15-31-17)24-22(29)25-21/h16-17,21H,2-15H2,1H3,(H,23,26)(H2,24,25,29)/t16-,17-,21-/m0/s1. The van der Waals surface area contributed by atoms with E-state index in [9.17, 15) is 19.2 Å². The SMILES string of the molecule is CCCCCC(=O)OC(=O)CCCCCNC(=O)CCCC[C@@H]1SC[C@@H]2NC(=O)N[C@@H]21. The van der Waals surface area contributed by atoms with Crippen molar-refractivity contribution in [3.8, 4) is 0 Å². The van der Waals surface area contributed by atoms with Gasteiger partial charge in [-0.3, -0.25) is 14.4 Å². The van der Waals surface area contributed by atoms with Crippen LogP contribution in [0.2, 0.25) is 0 Å². The molecule has 0 aliphatic carbocycles. The zero-order valence-electron chi connectivity index (χ0n) is 18.6. The molecule has 31 heavy (non-hydrogen) atoms. The van der Waals surface area contributed by atoms with Crippen LogP contribution < -0.4 is 16.0 Å². The lowest BCUT2D eigenvalue weighted by molar-refractivity contribution is -0.159. The second kappa shape index (κ2) is 14.3. The molecule has 0 radical (unpaired) electrons. The second-order valence-corrected chi connectivity index (χ2v) is 9.60. The summed E-state index contributed by atoms with van der Waals surface area (Å²) < 4.78 is 4.79. The summed E-state index contributed by atoms with van der Waals surface area (Å²) in [6.07, 6.45) is 8.92. The summed E-state index contributed by atoms with van der Waals surface area (Å²) in [5.74, 6) is 0.137. The van der Waals surface area contributed by atoms with E-state index in [0.717, 1.165) is 57.1 Å². The van der Waals surface area contributed by atoms with Crippen molar-refractivity contribution in [2.75, 3.05) is 12.3 Å². The van der Waals surface area contributed by atoms with Gasteiger partial charge in [0.15, 0.2) is 0 Å². The lowest BCUT2D eigenvalue weighted by Crippen LogP contribution is -2.36. The van der Waals surface area contributed by atoms with Gasteiger partial charge in [-0.05, 0) is 32.1 Å². The topological polar surface area (TPSA) is 114 Å². The molecule has 2 fully saturated rings. The van der Waals surface area contributed by atoms with Crippen molar-refractivity contribution in [3.05, 3.63) is 0 Å². The van der Waals surface area contributed by atoms with Crippen LogP contribution in [0.25, 0.3) is 0 Å². The molecule has 0 spiro atoms. The molecule has 2 saturated heterocycles. The molecular weight excluding hydrogens is 418 g/mol. The van der Waals surface area contributed by atoms with Crippen LogP contribution in [0.1, 0.15) is 84.0 Å². The number of urea groups is 1. The van der Waals surface area contributed by atoms with Crippen molar-refractivity contribution in [2.45, 2.75) is 101 Å². The Hall–Kier alpha value is -1.77. The van der Waals surface area contributed by atoms with Crippen LogP contribution in [0.3, 0.4) is 0 Å². The summed E-state index contributed by atoms with van der Waals surface area (Å²) in [5, 5.41) is 9.29. The van der Waals surface area contributed by atoms with E-state index in [4.69, 9.17) is 4.74 Å². The van der Waals surface area contributed by atoms with E-state index in [2.05, 4.69) is 22.9 Å². The van der Waals surface area contributed by atoms with Gasteiger partial charge in [0.25, 0.3) is 0 Å². The largest absolute Gasteiger partial charge is 0.393 e. The normalized spacial score (nSPS) is 21.8.